The summed E-state index contributed by atoms with van der Waals surface area (Å²) in [6, 6.07) is 4.77. The third kappa shape index (κ3) is 7.27. The summed E-state index contributed by atoms with van der Waals surface area (Å²) in [7, 11) is 0. The number of thioether (sulfide) groups is 1. The number of rotatable bonds is 8. The lowest BCUT2D eigenvalue weighted by Crippen LogP contribution is -2.57. The third-order valence-electron chi connectivity index (χ3n) is 5.63. The number of halogens is 3. The van der Waals surface area contributed by atoms with Crippen LogP contribution in [-0.2, 0) is 33.3 Å². The molecule has 3 unspecified atom stereocenters. The van der Waals surface area contributed by atoms with Crippen LogP contribution in [0, 0.1) is 5.82 Å². The second kappa shape index (κ2) is 12.9. The molecule has 212 valence electrons. The number of nitrogens with zero attached hydrogens (tertiary/aromatic N) is 4. The van der Waals surface area contributed by atoms with Gasteiger partial charge in [0.25, 0.3) is 0 Å². The molecule has 0 N–H and O–H groups in total. The second-order valence-corrected chi connectivity index (χ2v) is 10.7. The molecule has 0 radical (unpaired) electrons. The molecule has 0 amide bonds. The van der Waals surface area contributed by atoms with Crippen molar-refractivity contribution < 1.29 is 37.7 Å². The van der Waals surface area contributed by atoms with E-state index in [1.165, 1.54) is 50.0 Å². The van der Waals surface area contributed by atoms with Gasteiger partial charge in [-0.25, -0.2) is 9.07 Å². The number of carbonyl (C=O) groups is 3. The molecule has 0 bridgehead atoms. The minimum Gasteiger partial charge on any atom is -0.463 e. The summed E-state index contributed by atoms with van der Waals surface area (Å²) in [6.07, 6.45) is 1.23. The van der Waals surface area contributed by atoms with Crippen LogP contribution in [0.4, 0.5) is 4.39 Å². The summed E-state index contributed by atoms with van der Waals surface area (Å²) in [5, 5.41) is 8.64. The highest BCUT2D eigenvalue weighted by Gasteiger charge is 2.52. The SMILES string of the molecule is CC(=O)OCC1O[C@H](Sc2cncc(Cl)c2)C(OC(C)=O)C(n2cc(-c3ccc(Cl)c(F)c3)nn2)[C@H]1OC(C)=O. The van der Waals surface area contributed by atoms with E-state index >= 15 is 0 Å². The second-order valence-electron chi connectivity index (χ2n) is 8.65. The molecular formula is C25H23Cl2FN4O7S. The van der Waals surface area contributed by atoms with Crippen LogP contribution in [0.1, 0.15) is 26.8 Å². The molecule has 0 spiro atoms. The Labute approximate surface area is 242 Å². The van der Waals surface area contributed by atoms with Gasteiger partial charge >= 0.3 is 17.9 Å². The zero-order valence-electron chi connectivity index (χ0n) is 21.3. The summed E-state index contributed by atoms with van der Waals surface area (Å²) >= 11 is 13.1. The topological polar surface area (TPSA) is 132 Å². The van der Waals surface area contributed by atoms with E-state index in [0.717, 1.165) is 11.8 Å². The number of ether oxygens (including phenoxy) is 4. The van der Waals surface area contributed by atoms with Crippen molar-refractivity contribution in [1.82, 2.24) is 20.0 Å². The maximum atomic E-state index is 14.1. The minimum absolute atomic E-state index is 0.0610. The highest BCUT2D eigenvalue weighted by Crippen LogP contribution is 2.41. The van der Waals surface area contributed by atoms with Crippen LogP contribution in [0.5, 0.6) is 0 Å². The fraction of sp³-hybridized carbons (Fsp3) is 0.360. The van der Waals surface area contributed by atoms with Gasteiger partial charge in [0.05, 0.1) is 16.2 Å². The zero-order chi connectivity index (χ0) is 29.0. The zero-order valence-corrected chi connectivity index (χ0v) is 23.7. The summed E-state index contributed by atoms with van der Waals surface area (Å²) < 4.78 is 38.2. The van der Waals surface area contributed by atoms with E-state index < -0.39 is 53.5 Å². The van der Waals surface area contributed by atoms with E-state index in [2.05, 4.69) is 15.3 Å². The van der Waals surface area contributed by atoms with Crippen molar-refractivity contribution in [3.05, 3.63) is 58.7 Å². The summed E-state index contributed by atoms with van der Waals surface area (Å²) in [5.41, 5.74) is -0.284. The first-order chi connectivity index (χ1) is 19.0. The molecule has 2 aromatic heterocycles. The first-order valence-corrected chi connectivity index (χ1v) is 13.4. The van der Waals surface area contributed by atoms with E-state index in [1.807, 2.05) is 0 Å². The number of pyridine rings is 1. The molecule has 1 aliphatic rings. The number of esters is 3. The quantitative estimate of drug-likeness (QED) is 0.267. The third-order valence-corrected chi connectivity index (χ3v) is 7.26. The standard InChI is InChI=1S/C25H23Cl2FN4O7S/c1-12(33)36-11-21-23(37-13(2)34)22(32-10-20(30-31-32)15-4-5-18(27)19(28)6-15)24(38-14(3)35)25(39-21)40-17-7-16(26)8-29-9-17/h4-10,21-25H,11H2,1-3H3/t21?,22?,23-,24?,25+/m0/s1. The van der Waals surface area contributed by atoms with Crippen molar-refractivity contribution in [1.29, 1.82) is 0 Å². The number of hydrogen-bond donors (Lipinski definition) is 0. The van der Waals surface area contributed by atoms with Crippen LogP contribution in [0.15, 0.2) is 47.8 Å². The van der Waals surface area contributed by atoms with Gasteiger partial charge < -0.3 is 18.9 Å². The van der Waals surface area contributed by atoms with E-state index in [4.69, 9.17) is 42.1 Å². The molecule has 3 aromatic rings. The van der Waals surface area contributed by atoms with Gasteiger partial charge in [-0.15, -0.1) is 5.10 Å². The molecule has 15 heteroatoms. The Bertz CT molecular complexity index is 1410. The van der Waals surface area contributed by atoms with Gasteiger partial charge in [0, 0.05) is 43.6 Å². The lowest BCUT2D eigenvalue weighted by molar-refractivity contribution is -0.212. The molecule has 0 saturated carbocycles. The maximum absolute atomic E-state index is 14.1. The van der Waals surface area contributed by atoms with Crippen LogP contribution in [-0.4, -0.2) is 68.2 Å². The van der Waals surface area contributed by atoms with E-state index in [1.54, 1.807) is 18.3 Å². The van der Waals surface area contributed by atoms with Crippen molar-refractivity contribution in [3.63, 3.8) is 0 Å². The highest BCUT2D eigenvalue weighted by atomic mass is 35.5. The van der Waals surface area contributed by atoms with Gasteiger partial charge in [0.2, 0.25) is 0 Å². The van der Waals surface area contributed by atoms with Gasteiger partial charge in [0.15, 0.2) is 12.2 Å². The van der Waals surface area contributed by atoms with Crippen LogP contribution in [0.2, 0.25) is 10.0 Å². The Kier molecular flexibility index (Phi) is 9.61. The smallest absolute Gasteiger partial charge is 0.303 e. The van der Waals surface area contributed by atoms with Gasteiger partial charge in [-0.05, 0) is 18.2 Å². The number of aromatic nitrogens is 4. The fourth-order valence-electron chi connectivity index (χ4n) is 4.08. The fourth-order valence-corrected chi connectivity index (χ4v) is 5.57. The summed E-state index contributed by atoms with van der Waals surface area (Å²) in [5.74, 6) is -2.55. The molecule has 1 aliphatic heterocycles. The Balaban J connectivity index is 1.80. The van der Waals surface area contributed by atoms with Crippen LogP contribution >= 0.6 is 35.0 Å². The van der Waals surface area contributed by atoms with Crippen molar-refractivity contribution in [2.24, 2.45) is 0 Å². The van der Waals surface area contributed by atoms with Crippen LogP contribution < -0.4 is 0 Å². The molecule has 1 aromatic carbocycles. The normalized spacial score (nSPS) is 22.4. The lowest BCUT2D eigenvalue weighted by Gasteiger charge is -2.44. The van der Waals surface area contributed by atoms with Crippen LogP contribution in [0.25, 0.3) is 11.3 Å². The molecule has 1 fully saturated rings. The first kappa shape index (κ1) is 29.7. The molecule has 5 atom stereocenters. The van der Waals surface area contributed by atoms with Crippen molar-refractivity contribution in [2.75, 3.05) is 6.61 Å². The van der Waals surface area contributed by atoms with Gasteiger partial charge in [-0.1, -0.05) is 46.2 Å². The number of benzene rings is 1. The van der Waals surface area contributed by atoms with E-state index in [0.29, 0.717) is 15.5 Å². The maximum Gasteiger partial charge on any atom is 0.303 e. The average molecular weight is 613 g/mol. The molecule has 40 heavy (non-hydrogen) atoms. The van der Waals surface area contributed by atoms with Gasteiger partial charge in [-0.3, -0.25) is 19.4 Å². The summed E-state index contributed by atoms with van der Waals surface area (Å²) in [6.45, 7) is 3.35. The molecular weight excluding hydrogens is 590 g/mol. The Morgan fingerprint density at radius 2 is 1.77 bits per heavy atom. The first-order valence-electron chi connectivity index (χ1n) is 11.8. The van der Waals surface area contributed by atoms with Crippen molar-refractivity contribution >= 4 is 52.9 Å². The van der Waals surface area contributed by atoms with E-state index in [-0.39, 0.29) is 17.3 Å². The molecule has 11 nitrogen and oxygen atoms in total. The Morgan fingerprint density at radius 3 is 2.42 bits per heavy atom. The predicted octanol–water partition coefficient (Wildman–Crippen LogP) is 4.27. The number of carbonyl (C=O) groups excluding carboxylic acids is 3. The monoisotopic (exact) mass is 612 g/mol. The lowest BCUT2D eigenvalue weighted by atomic mass is 9.96. The van der Waals surface area contributed by atoms with Crippen molar-refractivity contribution in [2.45, 2.75) is 55.5 Å². The van der Waals surface area contributed by atoms with Crippen LogP contribution in [0.3, 0.4) is 0 Å². The van der Waals surface area contributed by atoms with Gasteiger partial charge in [0.1, 0.15) is 35.7 Å². The molecule has 1 saturated heterocycles. The number of hydrogen-bond acceptors (Lipinski definition) is 11. The minimum atomic E-state index is -1.15. The van der Waals surface area contributed by atoms with E-state index in [9.17, 15) is 18.8 Å². The largest absolute Gasteiger partial charge is 0.463 e. The Hall–Kier alpha value is -3.26. The molecule has 3 heterocycles. The van der Waals surface area contributed by atoms with Gasteiger partial charge in [-0.2, -0.15) is 0 Å². The predicted molar refractivity (Wildman–Crippen MR) is 141 cm³/mol. The highest BCUT2D eigenvalue weighted by molar-refractivity contribution is 7.99. The average Bonchev–Trinajstić information content (AvgIpc) is 3.35. The molecule has 0 aliphatic carbocycles. The Morgan fingerprint density at radius 1 is 1.05 bits per heavy atom. The van der Waals surface area contributed by atoms with Crippen molar-refractivity contribution in [3.8, 4) is 11.3 Å². The molecule has 4 rings (SSSR count). The summed E-state index contributed by atoms with van der Waals surface area (Å²) in [4.78, 5) is 40.8.